The molecule has 3 heteroatoms. The molecule has 3 nitrogen and oxygen atoms in total. The summed E-state index contributed by atoms with van der Waals surface area (Å²) in [6.07, 6.45) is 0. The summed E-state index contributed by atoms with van der Waals surface area (Å²) >= 11 is 0. The molecule has 0 aliphatic heterocycles. The molecule has 25 heavy (non-hydrogen) atoms. The minimum absolute atomic E-state index is 0.802. The van der Waals surface area contributed by atoms with Gasteiger partial charge in [-0.05, 0) is 47.4 Å². The van der Waals surface area contributed by atoms with Crippen molar-refractivity contribution < 1.29 is 0 Å². The minimum atomic E-state index is 0.802. The van der Waals surface area contributed by atoms with Gasteiger partial charge in [-0.2, -0.15) is 5.10 Å². The number of hydrogen-bond acceptors (Lipinski definition) is 2. The van der Waals surface area contributed by atoms with Gasteiger partial charge in [-0.1, -0.05) is 60.7 Å². The Hall–Kier alpha value is -3.33. The van der Waals surface area contributed by atoms with Gasteiger partial charge in [0.05, 0.1) is 11.4 Å². The molecular formula is C22H19N3. The molecule has 0 spiro atoms. The Bertz CT molecular complexity index is 999. The summed E-state index contributed by atoms with van der Waals surface area (Å²) in [7, 11) is 0. The van der Waals surface area contributed by atoms with Gasteiger partial charge in [-0.3, -0.25) is 5.10 Å². The first-order valence-corrected chi connectivity index (χ1v) is 8.28. The largest absolute Gasteiger partial charge is 0.399 e. The van der Waals surface area contributed by atoms with Crippen LogP contribution in [0.2, 0.25) is 0 Å². The lowest BCUT2D eigenvalue weighted by molar-refractivity contribution is 1.10. The number of hydrogen-bond donors (Lipinski definition) is 2. The maximum Gasteiger partial charge on any atom is 0.0927 e. The Kier molecular flexibility index (Phi) is 3.82. The third-order valence-electron chi connectivity index (χ3n) is 4.45. The minimum Gasteiger partial charge on any atom is -0.399 e. The number of nitrogens with one attached hydrogen (secondary N) is 1. The third-order valence-corrected chi connectivity index (χ3v) is 4.45. The van der Waals surface area contributed by atoms with E-state index in [9.17, 15) is 0 Å². The molecule has 1 heterocycles. The average molecular weight is 325 g/mol. The lowest BCUT2D eigenvalue weighted by Crippen LogP contribution is -1.89. The van der Waals surface area contributed by atoms with Crippen molar-refractivity contribution >= 4 is 5.69 Å². The molecule has 122 valence electrons. The van der Waals surface area contributed by atoms with E-state index in [2.05, 4.69) is 70.9 Å². The Morgan fingerprint density at radius 3 is 2.08 bits per heavy atom. The SMILES string of the molecule is Cc1cc(-c2cc(-c3ccc(-c4ccccc4)cc3)[nH]n2)ccc1N. The molecule has 0 saturated carbocycles. The fourth-order valence-electron chi connectivity index (χ4n) is 2.93. The van der Waals surface area contributed by atoms with Crippen LogP contribution in [0.3, 0.4) is 0 Å². The van der Waals surface area contributed by atoms with E-state index in [1.807, 2.05) is 25.1 Å². The number of nitrogens with two attached hydrogens (primary N) is 1. The van der Waals surface area contributed by atoms with Crippen LogP contribution in [0.5, 0.6) is 0 Å². The highest BCUT2D eigenvalue weighted by Gasteiger charge is 2.07. The number of aryl methyl sites for hydroxylation is 1. The molecule has 4 aromatic rings. The summed E-state index contributed by atoms with van der Waals surface area (Å²) in [6, 6.07) is 26.9. The van der Waals surface area contributed by atoms with E-state index in [-0.39, 0.29) is 0 Å². The van der Waals surface area contributed by atoms with E-state index in [0.717, 1.165) is 33.8 Å². The van der Waals surface area contributed by atoms with Gasteiger partial charge < -0.3 is 5.73 Å². The summed E-state index contributed by atoms with van der Waals surface area (Å²) in [4.78, 5) is 0. The second-order valence-corrected chi connectivity index (χ2v) is 6.18. The topological polar surface area (TPSA) is 54.7 Å². The molecule has 1 aromatic heterocycles. The van der Waals surface area contributed by atoms with Crippen molar-refractivity contribution in [3.05, 3.63) is 84.4 Å². The highest BCUT2D eigenvalue weighted by atomic mass is 15.1. The summed E-state index contributed by atoms with van der Waals surface area (Å²) in [6.45, 7) is 2.01. The number of nitrogen functional groups attached to an aromatic ring is 1. The van der Waals surface area contributed by atoms with Crippen LogP contribution in [-0.2, 0) is 0 Å². The second kappa shape index (κ2) is 6.29. The number of aromatic nitrogens is 2. The molecule has 0 unspecified atom stereocenters. The molecule has 0 aliphatic rings. The number of nitrogens with zero attached hydrogens (tertiary/aromatic N) is 1. The highest BCUT2D eigenvalue weighted by Crippen LogP contribution is 2.27. The highest BCUT2D eigenvalue weighted by molar-refractivity contribution is 5.72. The zero-order valence-corrected chi connectivity index (χ0v) is 14.0. The Balaban J connectivity index is 1.63. The van der Waals surface area contributed by atoms with Gasteiger partial charge in [0, 0.05) is 11.3 Å². The smallest absolute Gasteiger partial charge is 0.0927 e. The fraction of sp³-hybridized carbons (Fsp3) is 0.0455. The van der Waals surface area contributed by atoms with Crippen molar-refractivity contribution in [3.8, 4) is 33.6 Å². The van der Waals surface area contributed by atoms with Gasteiger partial charge in [-0.15, -0.1) is 0 Å². The quantitative estimate of drug-likeness (QED) is 0.502. The zero-order chi connectivity index (χ0) is 17.2. The van der Waals surface area contributed by atoms with Gasteiger partial charge in [0.25, 0.3) is 0 Å². The predicted octanol–water partition coefficient (Wildman–Crippen LogP) is 5.30. The van der Waals surface area contributed by atoms with Crippen molar-refractivity contribution in [1.29, 1.82) is 0 Å². The van der Waals surface area contributed by atoms with Crippen LogP contribution in [-0.4, -0.2) is 10.2 Å². The van der Waals surface area contributed by atoms with Crippen LogP contribution in [0.15, 0.2) is 78.9 Å². The summed E-state index contributed by atoms with van der Waals surface area (Å²) in [5.41, 5.74) is 14.3. The van der Waals surface area contributed by atoms with Gasteiger partial charge in [-0.25, -0.2) is 0 Å². The predicted molar refractivity (Wildman–Crippen MR) is 104 cm³/mol. The lowest BCUT2D eigenvalue weighted by Gasteiger charge is -2.03. The van der Waals surface area contributed by atoms with Crippen LogP contribution in [0.25, 0.3) is 33.6 Å². The molecule has 0 atom stereocenters. The van der Waals surface area contributed by atoms with Crippen molar-refractivity contribution in [3.63, 3.8) is 0 Å². The van der Waals surface area contributed by atoms with E-state index in [4.69, 9.17) is 5.73 Å². The molecular weight excluding hydrogens is 306 g/mol. The van der Waals surface area contributed by atoms with E-state index in [1.54, 1.807) is 0 Å². The molecule has 0 bridgehead atoms. The molecule has 3 aromatic carbocycles. The van der Waals surface area contributed by atoms with Crippen molar-refractivity contribution in [2.75, 3.05) is 5.73 Å². The summed E-state index contributed by atoms with van der Waals surface area (Å²) in [5.74, 6) is 0. The number of aromatic amines is 1. The maximum atomic E-state index is 5.90. The molecule has 0 fully saturated rings. The summed E-state index contributed by atoms with van der Waals surface area (Å²) in [5, 5.41) is 7.58. The van der Waals surface area contributed by atoms with Gasteiger partial charge in [0.1, 0.15) is 0 Å². The van der Waals surface area contributed by atoms with E-state index < -0.39 is 0 Å². The molecule has 3 N–H and O–H groups in total. The average Bonchev–Trinajstić information content (AvgIpc) is 3.15. The molecule has 0 radical (unpaired) electrons. The van der Waals surface area contributed by atoms with E-state index >= 15 is 0 Å². The van der Waals surface area contributed by atoms with E-state index in [0.29, 0.717) is 0 Å². The van der Waals surface area contributed by atoms with Gasteiger partial charge in [0.2, 0.25) is 0 Å². The second-order valence-electron chi connectivity index (χ2n) is 6.18. The number of H-pyrrole nitrogens is 1. The Morgan fingerprint density at radius 2 is 1.36 bits per heavy atom. The van der Waals surface area contributed by atoms with Crippen LogP contribution < -0.4 is 5.73 Å². The van der Waals surface area contributed by atoms with Crippen molar-refractivity contribution in [2.45, 2.75) is 6.92 Å². The monoisotopic (exact) mass is 325 g/mol. The number of anilines is 1. The van der Waals surface area contributed by atoms with Crippen molar-refractivity contribution in [1.82, 2.24) is 10.2 Å². The summed E-state index contributed by atoms with van der Waals surface area (Å²) < 4.78 is 0. The molecule has 0 saturated heterocycles. The molecule has 4 rings (SSSR count). The Morgan fingerprint density at radius 1 is 0.720 bits per heavy atom. The van der Waals surface area contributed by atoms with Gasteiger partial charge in [0.15, 0.2) is 0 Å². The van der Waals surface area contributed by atoms with Crippen molar-refractivity contribution in [2.24, 2.45) is 0 Å². The van der Waals surface area contributed by atoms with Crippen LogP contribution in [0.1, 0.15) is 5.56 Å². The zero-order valence-electron chi connectivity index (χ0n) is 14.0. The van der Waals surface area contributed by atoms with Crippen LogP contribution in [0.4, 0.5) is 5.69 Å². The molecule has 0 aliphatic carbocycles. The normalized spacial score (nSPS) is 10.8. The first kappa shape index (κ1) is 15.2. The first-order chi connectivity index (χ1) is 12.2. The molecule has 0 amide bonds. The standard InChI is InChI=1S/C22H19N3/c1-15-13-19(11-12-20(15)23)22-14-21(24-25-22)18-9-7-17(8-10-18)16-5-3-2-4-6-16/h2-14H,23H2,1H3,(H,24,25). The third kappa shape index (κ3) is 3.04. The first-order valence-electron chi connectivity index (χ1n) is 8.28. The number of rotatable bonds is 3. The Labute approximate surface area is 147 Å². The maximum absolute atomic E-state index is 5.90. The van der Waals surface area contributed by atoms with Crippen LogP contribution >= 0.6 is 0 Å². The fourth-order valence-corrected chi connectivity index (χ4v) is 2.93. The van der Waals surface area contributed by atoms with Gasteiger partial charge >= 0.3 is 0 Å². The van der Waals surface area contributed by atoms with E-state index in [1.165, 1.54) is 11.1 Å². The number of benzene rings is 3. The lowest BCUT2D eigenvalue weighted by atomic mass is 10.0. The van der Waals surface area contributed by atoms with Crippen LogP contribution in [0, 0.1) is 6.92 Å².